The lowest BCUT2D eigenvalue weighted by molar-refractivity contribution is -0.140. The molecule has 0 aromatic heterocycles. The zero-order valence-electron chi connectivity index (χ0n) is 16.5. The minimum Gasteiger partial charge on any atom is -0.480 e. The minimum atomic E-state index is -5.38. The first kappa shape index (κ1) is 28.3. The van der Waals surface area contributed by atoms with Gasteiger partial charge in [0.05, 0.1) is 25.5 Å². The zero-order valence-corrected chi connectivity index (χ0v) is 19.2. The van der Waals surface area contributed by atoms with E-state index in [1.807, 2.05) is 0 Å². The third-order valence-electron chi connectivity index (χ3n) is 4.56. The fourth-order valence-electron chi connectivity index (χ4n) is 3.06. The SMILES string of the molecule is O=C(O)CN1CCN(CC(=O)O)CCN(CP(=O)(O)CC(P(=O)(O)O)P(=O)(O)O)CC1. The summed E-state index contributed by atoms with van der Waals surface area (Å²) in [7, 11) is -15.2. The molecule has 1 unspecified atom stereocenters. The number of rotatable bonds is 10. The second-order valence-electron chi connectivity index (χ2n) is 7.29. The zero-order chi connectivity index (χ0) is 24.0. The van der Waals surface area contributed by atoms with Crippen LogP contribution in [0.1, 0.15) is 0 Å². The molecular formula is C13H28N3O12P3. The molecule has 0 bridgehead atoms. The summed E-state index contributed by atoms with van der Waals surface area (Å²) >= 11 is 0. The molecule has 15 nitrogen and oxygen atoms in total. The highest BCUT2D eigenvalue weighted by Crippen LogP contribution is 2.64. The second kappa shape index (κ2) is 11.4. The molecule has 1 heterocycles. The number of carbonyl (C=O) groups is 2. The van der Waals surface area contributed by atoms with E-state index in [1.54, 1.807) is 0 Å². The highest BCUT2D eigenvalue weighted by atomic mass is 31.2. The van der Waals surface area contributed by atoms with E-state index in [0.29, 0.717) is 0 Å². The van der Waals surface area contributed by atoms with Crippen LogP contribution in [0.3, 0.4) is 0 Å². The van der Waals surface area contributed by atoms with Crippen LogP contribution in [0.15, 0.2) is 0 Å². The smallest absolute Gasteiger partial charge is 0.341 e. The van der Waals surface area contributed by atoms with Crippen molar-refractivity contribution < 1.29 is 58.0 Å². The third kappa shape index (κ3) is 11.1. The first-order chi connectivity index (χ1) is 14.0. The summed E-state index contributed by atoms with van der Waals surface area (Å²) in [6.45, 7) is 0.241. The van der Waals surface area contributed by atoms with Crippen LogP contribution in [0.25, 0.3) is 0 Å². The van der Waals surface area contributed by atoms with Gasteiger partial charge < -0.3 is 34.7 Å². The lowest BCUT2D eigenvalue weighted by atomic mass is 10.4. The summed E-state index contributed by atoms with van der Waals surface area (Å²) < 4.78 is 35.4. The molecule has 0 radical (unpaired) electrons. The van der Waals surface area contributed by atoms with E-state index < -0.39 is 52.3 Å². The number of hydrogen-bond acceptors (Lipinski definition) is 8. The molecule has 1 aliphatic rings. The Hall–Kier alpha value is -0.690. The van der Waals surface area contributed by atoms with E-state index in [2.05, 4.69) is 0 Å². The number of carboxylic acids is 2. The Bertz CT molecular complexity index is 733. The molecule has 1 atom stereocenters. The maximum Gasteiger partial charge on any atom is 0.341 e. The van der Waals surface area contributed by atoms with Crippen molar-refractivity contribution in [1.82, 2.24) is 14.7 Å². The molecule has 0 aromatic rings. The summed E-state index contributed by atoms with van der Waals surface area (Å²) in [5, 5.41) is 15.4. The van der Waals surface area contributed by atoms with Crippen molar-refractivity contribution in [2.75, 3.05) is 64.8 Å². The van der Waals surface area contributed by atoms with Gasteiger partial charge in [-0.05, 0) is 0 Å². The molecule has 0 saturated carbocycles. The van der Waals surface area contributed by atoms with Crippen molar-refractivity contribution in [3.8, 4) is 0 Å². The first-order valence-corrected chi connectivity index (χ1v) is 14.4. The number of nitrogens with zero attached hydrogens (tertiary/aromatic N) is 3. The maximum absolute atomic E-state index is 12.6. The second-order valence-corrected chi connectivity index (χ2v) is 13.6. The van der Waals surface area contributed by atoms with Crippen molar-refractivity contribution in [3.63, 3.8) is 0 Å². The van der Waals surface area contributed by atoms with Crippen molar-refractivity contribution in [3.05, 3.63) is 0 Å². The number of aliphatic carboxylic acids is 2. The molecule has 1 saturated heterocycles. The van der Waals surface area contributed by atoms with Gasteiger partial charge >= 0.3 is 27.1 Å². The molecule has 1 rings (SSSR count). The Balaban J connectivity index is 2.99. The van der Waals surface area contributed by atoms with Crippen molar-refractivity contribution >= 4 is 34.5 Å². The van der Waals surface area contributed by atoms with Crippen LogP contribution < -0.4 is 0 Å². The van der Waals surface area contributed by atoms with E-state index in [1.165, 1.54) is 14.7 Å². The highest BCUT2D eigenvalue weighted by Gasteiger charge is 2.47. The molecule has 1 fully saturated rings. The van der Waals surface area contributed by atoms with Gasteiger partial charge in [0.15, 0.2) is 5.40 Å². The van der Waals surface area contributed by atoms with Crippen LogP contribution in [0, 0.1) is 0 Å². The predicted octanol–water partition coefficient (Wildman–Crippen LogP) is -2.02. The van der Waals surface area contributed by atoms with Gasteiger partial charge in [0.1, 0.15) is 0 Å². The lowest BCUT2D eigenvalue weighted by Gasteiger charge is -2.29. The Morgan fingerprint density at radius 3 is 1.29 bits per heavy atom. The van der Waals surface area contributed by atoms with Crippen molar-refractivity contribution in [2.24, 2.45) is 0 Å². The van der Waals surface area contributed by atoms with Gasteiger partial charge in [0, 0.05) is 39.3 Å². The van der Waals surface area contributed by atoms with Gasteiger partial charge in [-0.3, -0.25) is 38.0 Å². The molecule has 0 spiro atoms. The lowest BCUT2D eigenvalue weighted by Crippen LogP contribution is -2.40. The van der Waals surface area contributed by atoms with Crippen LogP contribution in [-0.4, -0.2) is 132 Å². The summed E-state index contributed by atoms with van der Waals surface area (Å²) in [5.41, 5.74) is 0. The van der Waals surface area contributed by atoms with Crippen LogP contribution in [-0.2, 0) is 23.3 Å². The predicted molar refractivity (Wildman–Crippen MR) is 107 cm³/mol. The van der Waals surface area contributed by atoms with Gasteiger partial charge in [-0.25, -0.2) is 0 Å². The third-order valence-corrected chi connectivity index (χ3v) is 10.6. The molecule has 0 amide bonds. The number of carboxylic acid groups (broad SMARTS) is 2. The normalized spacial score (nSPS) is 20.6. The van der Waals surface area contributed by atoms with Crippen LogP contribution in [0.4, 0.5) is 0 Å². The van der Waals surface area contributed by atoms with Crippen molar-refractivity contribution in [2.45, 2.75) is 5.40 Å². The Morgan fingerprint density at radius 1 is 0.677 bits per heavy atom. The van der Waals surface area contributed by atoms with Crippen LogP contribution in [0.5, 0.6) is 0 Å². The average molecular weight is 511 g/mol. The molecule has 7 N–H and O–H groups in total. The largest absolute Gasteiger partial charge is 0.480 e. The molecule has 182 valence electrons. The molecular weight excluding hydrogens is 483 g/mol. The molecule has 31 heavy (non-hydrogen) atoms. The van der Waals surface area contributed by atoms with Crippen LogP contribution in [0.2, 0.25) is 0 Å². The number of hydrogen-bond donors (Lipinski definition) is 7. The molecule has 0 aromatic carbocycles. The summed E-state index contributed by atoms with van der Waals surface area (Å²) in [6, 6.07) is 0. The van der Waals surface area contributed by atoms with E-state index in [4.69, 9.17) is 10.2 Å². The summed E-state index contributed by atoms with van der Waals surface area (Å²) in [4.78, 5) is 73.4. The molecule has 0 aliphatic carbocycles. The average Bonchev–Trinajstić information content (AvgIpc) is 2.63. The fourth-order valence-corrected chi connectivity index (χ4v) is 9.39. The van der Waals surface area contributed by atoms with Gasteiger partial charge in [-0.2, -0.15) is 0 Å². The van der Waals surface area contributed by atoms with E-state index in [-0.39, 0.29) is 52.4 Å². The monoisotopic (exact) mass is 511 g/mol. The minimum absolute atomic E-state index is 0.0786. The van der Waals surface area contributed by atoms with E-state index >= 15 is 0 Å². The Morgan fingerprint density at radius 2 is 1.00 bits per heavy atom. The van der Waals surface area contributed by atoms with Crippen LogP contribution >= 0.6 is 22.6 Å². The summed E-state index contributed by atoms with van der Waals surface area (Å²) in [5.74, 6) is -2.23. The molecule has 18 heteroatoms. The van der Waals surface area contributed by atoms with Crippen molar-refractivity contribution in [1.29, 1.82) is 0 Å². The topological polar surface area (TPSA) is 237 Å². The van der Waals surface area contributed by atoms with E-state index in [9.17, 15) is 47.8 Å². The first-order valence-electron chi connectivity index (χ1n) is 9.01. The summed E-state index contributed by atoms with van der Waals surface area (Å²) in [6.07, 6.45) is -1.97. The fraction of sp³-hybridized carbons (Fsp3) is 0.846. The van der Waals surface area contributed by atoms with Gasteiger partial charge in [-0.1, -0.05) is 0 Å². The quantitative estimate of drug-likeness (QED) is 0.157. The van der Waals surface area contributed by atoms with Gasteiger partial charge in [0.25, 0.3) is 0 Å². The Labute approximate surface area is 178 Å². The Kier molecular flexibility index (Phi) is 10.5. The standard InChI is InChI=1S/C13H28N3O12P3/c17-11(18)7-14-1-2-15(8-12(19)20)4-6-16(5-3-14)10-29(21,22)9-13(30(23,24)25)31(26,27)28/h13H,1-10H2,(H,17,18)(H,19,20)(H,21,22)(H2,23,24,25)(H2,26,27,28). The van der Waals surface area contributed by atoms with Gasteiger partial charge in [-0.15, -0.1) is 0 Å². The van der Waals surface area contributed by atoms with Gasteiger partial charge in [0.2, 0.25) is 7.37 Å². The highest BCUT2D eigenvalue weighted by molar-refractivity contribution is 7.72. The molecule has 1 aliphatic heterocycles. The maximum atomic E-state index is 12.6. The van der Waals surface area contributed by atoms with E-state index in [0.717, 1.165) is 0 Å².